The molecular weight excluding hydrogens is 463 g/mol. The van der Waals surface area contributed by atoms with Gasteiger partial charge in [-0.15, -0.1) is 0 Å². The molecule has 0 fully saturated rings. The molecule has 0 aliphatic rings. The van der Waals surface area contributed by atoms with Crippen molar-refractivity contribution in [2.24, 2.45) is 5.10 Å². The normalized spacial score (nSPS) is 10.7. The van der Waals surface area contributed by atoms with Crippen LogP contribution in [0.25, 0.3) is 0 Å². The van der Waals surface area contributed by atoms with E-state index >= 15 is 0 Å². The number of carbonyl (C=O) groups is 2. The van der Waals surface area contributed by atoms with Crippen molar-refractivity contribution in [3.63, 3.8) is 0 Å². The lowest BCUT2D eigenvalue weighted by molar-refractivity contribution is -0.123. The molecule has 6 nitrogen and oxygen atoms in total. The van der Waals surface area contributed by atoms with Crippen molar-refractivity contribution in [3.8, 4) is 11.5 Å². The van der Waals surface area contributed by atoms with E-state index in [2.05, 4.69) is 10.5 Å². The molecule has 0 aromatic heterocycles. The molecule has 1 amide bonds. The Morgan fingerprint density at radius 3 is 2.23 bits per heavy atom. The van der Waals surface area contributed by atoms with Crippen molar-refractivity contribution in [3.05, 3.63) is 92.9 Å². The minimum Gasteiger partial charge on any atom is -0.484 e. The molecule has 0 radical (unpaired) electrons. The van der Waals surface area contributed by atoms with Gasteiger partial charge in [0, 0.05) is 5.02 Å². The molecule has 0 atom stereocenters. The summed E-state index contributed by atoms with van der Waals surface area (Å²) in [6, 6.07) is 18.1. The first-order chi connectivity index (χ1) is 14.9. The maximum Gasteiger partial charge on any atom is 0.343 e. The number of esters is 1. The van der Waals surface area contributed by atoms with E-state index in [1.54, 1.807) is 54.6 Å². The van der Waals surface area contributed by atoms with Gasteiger partial charge in [-0.05, 0) is 54.1 Å². The van der Waals surface area contributed by atoms with Crippen molar-refractivity contribution in [1.82, 2.24) is 5.43 Å². The lowest BCUT2D eigenvalue weighted by Gasteiger charge is -2.09. The van der Waals surface area contributed by atoms with Crippen LogP contribution in [0.15, 0.2) is 71.8 Å². The smallest absolute Gasteiger partial charge is 0.343 e. The predicted octanol–water partition coefficient (Wildman–Crippen LogP) is 5.40. The average Bonchev–Trinajstić information content (AvgIpc) is 2.76. The fourth-order valence-corrected chi connectivity index (χ4v) is 3.08. The van der Waals surface area contributed by atoms with Crippen LogP contribution in [-0.2, 0) is 4.79 Å². The maximum atomic E-state index is 12.2. The van der Waals surface area contributed by atoms with Gasteiger partial charge in [-0.2, -0.15) is 5.10 Å². The Hall–Kier alpha value is -3.06. The number of carbonyl (C=O) groups excluding carboxylic acids is 2. The summed E-state index contributed by atoms with van der Waals surface area (Å²) in [6.45, 7) is -0.227. The zero-order valence-electron chi connectivity index (χ0n) is 15.8. The van der Waals surface area contributed by atoms with Gasteiger partial charge in [-0.3, -0.25) is 4.79 Å². The third kappa shape index (κ3) is 6.72. The van der Waals surface area contributed by atoms with Gasteiger partial charge in [0.15, 0.2) is 12.4 Å². The van der Waals surface area contributed by atoms with E-state index in [4.69, 9.17) is 44.3 Å². The number of halogens is 3. The number of hydrazone groups is 1. The minimum atomic E-state index is -0.584. The van der Waals surface area contributed by atoms with Crippen LogP contribution in [0.1, 0.15) is 15.9 Å². The Morgan fingerprint density at radius 1 is 0.935 bits per heavy atom. The van der Waals surface area contributed by atoms with Crippen molar-refractivity contribution in [2.45, 2.75) is 0 Å². The number of benzene rings is 3. The van der Waals surface area contributed by atoms with Crippen molar-refractivity contribution < 1.29 is 19.1 Å². The number of hydrogen-bond acceptors (Lipinski definition) is 5. The number of nitrogens with one attached hydrogen (secondary N) is 1. The van der Waals surface area contributed by atoms with Gasteiger partial charge in [-0.1, -0.05) is 53.0 Å². The molecule has 3 rings (SSSR count). The number of ether oxygens (including phenoxy) is 2. The fourth-order valence-electron chi connectivity index (χ4n) is 2.37. The van der Waals surface area contributed by atoms with E-state index < -0.39 is 11.9 Å². The van der Waals surface area contributed by atoms with Crippen LogP contribution in [0.2, 0.25) is 15.1 Å². The van der Waals surface area contributed by atoms with Gasteiger partial charge >= 0.3 is 5.97 Å². The van der Waals surface area contributed by atoms with Gasteiger partial charge in [0.2, 0.25) is 0 Å². The van der Waals surface area contributed by atoms with E-state index in [1.165, 1.54) is 18.3 Å². The Labute approximate surface area is 193 Å². The van der Waals surface area contributed by atoms with Crippen molar-refractivity contribution >= 4 is 52.9 Å². The quantitative estimate of drug-likeness (QED) is 0.214. The summed E-state index contributed by atoms with van der Waals surface area (Å²) in [5.74, 6) is -0.506. The average molecular weight is 478 g/mol. The Morgan fingerprint density at radius 2 is 1.58 bits per heavy atom. The molecule has 1 N–H and O–H groups in total. The summed E-state index contributed by atoms with van der Waals surface area (Å²) in [5.41, 5.74) is 3.19. The molecule has 0 saturated heterocycles. The van der Waals surface area contributed by atoms with Gasteiger partial charge in [0.25, 0.3) is 5.91 Å². The SMILES string of the molecule is O=C(COc1ccc(Cl)cc1)N/N=C\c1cc(Cl)c(OC(=O)c2ccccc2)c(Cl)c1. The molecule has 158 valence electrons. The van der Waals surface area contributed by atoms with Crippen LogP contribution in [0, 0.1) is 0 Å². The summed E-state index contributed by atoms with van der Waals surface area (Å²) in [4.78, 5) is 24.0. The highest BCUT2D eigenvalue weighted by molar-refractivity contribution is 6.37. The van der Waals surface area contributed by atoms with E-state index in [-0.39, 0.29) is 22.4 Å². The zero-order chi connectivity index (χ0) is 22.2. The molecule has 0 saturated carbocycles. The number of hydrogen-bond donors (Lipinski definition) is 1. The summed E-state index contributed by atoms with van der Waals surface area (Å²) in [5, 5.41) is 4.65. The van der Waals surface area contributed by atoms with Crippen LogP contribution >= 0.6 is 34.8 Å². The molecule has 0 unspecified atom stereocenters. The van der Waals surface area contributed by atoms with E-state index in [0.717, 1.165) is 0 Å². The molecule has 0 heterocycles. The predicted molar refractivity (Wildman–Crippen MR) is 121 cm³/mol. The maximum absolute atomic E-state index is 12.2. The molecule has 3 aromatic carbocycles. The first-order valence-corrected chi connectivity index (χ1v) is 10.0. The summed E-state index contributed by atoms with van der Waals surface area (Å²) >= 11 is 18.2. The molecule has 9 heteroatoms. The van der Waals surface area contributed by atoms with Gasteiger partial charge in [-0.25, -0.2) is 10.2 Å². The Kier molecular flexibility index (Phi) is 7.89. The van der Waals surface area contributed by atoms with Crippen LogP contribution < -0.4 is 14.9 Å². The van der Waals surface area contributed by atoms with Gasteiger partial charge < -0.3 is 9.47 Å². The van der Waals surface area contributed by atoms with Crippen molar-refractivity contribution in [1.29, 1.82) is 0 Å². The van der Waals surface area contributed by atoms with Gasteiger partial charge in [0.05, 0.1) is 21.8 Å². The highest BCUT2D eigenvalue weighted by Crippen LogP contribution is 2.34. The highest BCUT2D eigenvalue weighted by Gasteiger charge is 2.15. The van der Waals surface area contributed by atoms with E-state index in [1.807, 2.05) is 0 Å². The molecule has 0 aliphatic heterocycles. The molecule has 0 spiro atoms. The Balaban J connectivity index is 1.56. The van der Waals surface area contributed by atoms with E-state index in [0.29, 0.717) is 21.9 Å². The molecule has 0 bridgehead atoms. The summed E-state index contributed by atoms with van der Waals surface area (Å²) in [7, 11) is 0. The molecular formula is C22H15Cl3N2O4. The first kappa shape index (κ1) is 22.6. The number of rotatable bonds is 7. The van der Waals surface area contributed by atoms with Gasteiger partial charge in [0.1, 0.15) is 5.75 Å². The van der Waals surface area contributed by atoms with Crippen LogP contribution in [0.4, 0.5) is 0 Å². The summed E-state index contributed by atoms with van der Waals surface area (Å²) < 4.78 is 10.6. The third-order valence-electron chi connectivity index (χ3n) is 3.81. The fraction of sp³-hybridized carbons (Fsp3) is 0.0455. The van der Waals surface area contributed by atoms with Crippen LogP contribution in [-0.4, -0.2) is 24.7 Å². The lowest BCUT2D eigenvalue weighted by atomic mass is 10.2. The van der Waals surface area contributed by atoms with Crippen LogP contribution in [0.3, 0.4) is 0 Å². The second-order valence-corrected chi connectivity index (χ2v) is 7.36. The van der Waals surface area contributed by atoms with E-state index in [9.17, 15) is 9.59 Å². The third-order valence-corrected chi connectivity index (χ3v) is 4.62. The lowest BCUT2D eigenvalue weighted by Crippen LogP contribution is -2.24. The second-order valence-electron chi connectivity index (χ2n) is 6.10. The first-order valence-electron chi connectivity index (χ1n) is 8.89. The zero-order valence-corrected chi connectivity index (χ0v) is 18.1. The molecule has 3 aromatic rings. The number of nitrogens with zero attached hydrogens (tertiary/aromatic N) is 1. The Bertz CT molecular complexity index is 1080. The monoisotopic (exact) mass is 476 g/mol. The summed E-state index contributed by atoms with van der Waals surface area (Å²) in [6.07, 6.45) is 1.35. The second kappa shape index (κ2) is 10.8. The molecule has 31 heavy (non-hydrogen) atoms. The van der Waals surface area contributed by atoms with Crippen molar-refractivity contribution in [2.75, 3.05) is 6.61 Å². The number of amides is 1. The minimum absolute atomic E-state index is 0.0368. The standard InChI is InChI=1S/C22H15Cl3N2O4/c23-16-6-8-17(9-7-16)30-13-20(28)27-26-12-14-10-18(24)21(19(25)11-14)31-22(29)15-4-2-1-3-5-15/h1-12H,13H2,(H,27,28)/b26-12-. The largest absolute Gasteiger partial charge is 0.484 e. The van der Waals surface area contributed by atoms with Crippen LogP contribution in [0.5, 0.6) is 11.5 Å². The highest BCUT2D eigenvalue weighted by atomic mass is 35.5. The molecule has 0 aliphatic carbocycles. The topological polar surface area (TPSA) is 77.0 Å².